The summed E-state index contributed by atoms with van der Waals surface area (Å²) in [5, 5.41) is 0. The number of hydrogen-bond donors (Lipinski definition) is 0. The van der Waals surface area contributed by atoms with Crippen LogP contribution in [0.2, 0.25) is 0 Å². The van der Waals surface area contributed by atoms with Gasteiger partial charge in [0.2, 0.25) is 0 Å². The molecule has 0 aliphatic carbocycles. The minimum absolute atomic E-state index is 0.0377. The first kappa shape index (κ1) is 25.7. The van der Waals surface area contributed by atoms with Crippen molar-refractivity contribution in [2.24, 2.45) is 0 Å². The fourth-order valence-corrected chi connectivity index (χ4v) is 5.76. The molecule has 5 nitrogen and oxygen atoms in total. The van der Waals surface area contributed by atoms with E-state index in [2.05, 4.69) is 15.9 Å². The van der Waals surface area contributed by atoms with E-state index in [9.17, 15) is 13.2 Å². The van der Waals surface area contributed by atoms with E-state index in [1.54, 1.807) is 37.3 Å². The Morgan fingerprint density at radius 2 is 1.53 bits per heavy atom. The van der Waals surface area contributed by atoms with E-state index in [1.807, 2.05) is 62.4 Å². The number of halogens is 1. The molecule has 4 aromatic carbocycles. The Morgan fingerprint density at radius 1 is 0.833 bits per heavy atom. The van der Waals surface area contributed by atoms with Crippen molar-refractivity contribution in [2.75, 3.05) is 10.9 Å². The molecule has 0 saturated heterocycles. The first-order valence-electron chi connectivity index (χ1n) is 11.4. The molecule has 4 aromatic rings. The van der Waals surface area contributed by atoms with Gasteiger partial charge in [-0.2, -0.15) is 4.31 Å². The Hall–Kier alpha value is -3.42. The molecule has 0 heterocycles. The molecule has 0 unspecified atom stereocenters. The van der Waals surface area contributed by atoms with Crippen LogP contribution in [0, 0.1) is 20.8 Å². The van der Waals surface area contributed by atoms with Crippen molar-refractivity contribution in [3.63, 3.8) is 0 Å². The van der Waals surface area contributed by atoms with Crippen LogP contribution in [0.15, 0.2) is 100 Å². The third-order valence-electron chi connectivity index (χ3n) is 5.97. The van der Waals surface area contributed by atoms with Crippen LogP contribution in [-0.4, -0.2) is 20.9 Å². The molecule has 0 aliphatic rings. The highest BCUT2D eigenvalue weighted by atomic mass is 79.9. The molecule has 0 saturated carbocycles. The first-order chi connectivity index (χ1) is 17.2. The highest BCUT2D eigenvalue weighted by Gasteiger charge is 2.32. The van der Waals surface area contributed by atoms with E-state index in [4.69, 9.17) is 4.74 Å². The second-order valence-electron chi connectivity index (χ2n) is 8.50. The lowest BCUT2D eigenvalue weighted by molar-refractivity contribution is -0.119. The second-order valence-corrected chi connectivity index (χ2v) is 11.1. The summed E-state index contributed by atoms with van der Waals surface area (Å²) in [6, 6.07) is 27.1. The summed E-state index contributed by atoms with van der Waals surface area (Å²) in [6.07, 6.45) is 0. The molecule has 0 radical (unpaired) electrons. The van der Waals surface area contributed by atoms with Crippen LogP contribution < -0.4 is 9.04 Å². The number of amides is 1. The van der Waals surface area contributed by atoms with Crippen molar-refractivity contribution in [3.05, 3.63) is 112 Å². The largest absolute Gasteiger partial charge is 0.483 e. The standard InChI is InChI=1S/C29H26BrNO4S/c1-20-12-15-25(16-13-20)36(33,34)31(27-11-7-8-21(2)22(27)3)29(32)19-35-28-17-14-24(18-26(28)30)23-9-5-4-6-10-23/h4-18H,19H2,1-3H3. The van der Waals surface area contributed by atoms with Gasteiger partial charge in [-0.15, -0.1) is 0 Å². The molecule has 1 amide bonds. The first-order valence-corrected chi connectivity index (χ1v) is 13.6. The number of carbonyl (C=O) groups is 1. The van der Waals surface area contributed by atoms with Crippen LogP contribution in [0.4, 0.5) is 5.69 Å². The number of nitrogens with zero attached hydrogens (tertiary/aromatic N) is 1. The van der Waals surface area contributed by atoms with Gasteiger partial charge in [-0.05, 0) is 89.3 Å². The Kier molecular flexibility index (Phi) is 7.62. The maximum Gasteiger partial charge on any atom is 0.278 e. The van der Waals surface area contributed by atoms with Gasteiger partial charge in [-0.25, -0.2) is 8.42 Å². The Bertz CT molecular complexity index is 1500. The molecule has 0 fully saturated rings. The van der Waals surface area contributed by atoms with Gasteiger partial charge < -0.3 is 4.74 Å². The van der Waals surface area contributed by atoms with E-state index >= 15 is 0 Å². The smallest absolute Gasteiger partial charge is 0.278 e. The maximum absolute atomic E-state index is 13.7. The molecule has 0 aromatic heterocycles. The fourth-order valence-electron chi connectivity index (χ4n) is 3.80. The third-order valence-corrected chi connectivity index (χ3v) is 8.34. The van der Waals surface area contributed by atoms with Crippen molar-refractivity contribution in [1.29, 1.82) is 0 Å². The minimum atomic E-state index is -4.17. The zero-order valence-corrected chi connectivity index (χ0v) is 22.6. The molecule has 36 heavy (non-hydrogen) atoms. The van der Waals surface area contributed by atoms with Gasteiger partial charge in [0.1, 0.15) is 5.75 Å². The molecule has 0 bridgehead atoms. The predicted molar refractivity (Wildman–Crippen MR) is 147 cm³/mol. The van der Waals surface area contributed by atoms with Gasteiger partial charge >= 0.3 is 0 Å². The average molecular weight is 565 g/mol. The molecule has 7 heteroatoms. The summed E-state index contributed by atoms with van der Waals surface area (Å²) in [6.45, 7) is 5.10. The van der Waals surface area contributed by atoms with Gasteiger partial charge in [0.25, 0.3) is 15.9 Å². The number of ether oxygens (including phenoxy) is 1. The van der Waals surface area contributed by atoms with Gasteiger partial charge in [-0.1, -0.05) is 66.2 Å². The van der Waals surface area contributed by atoms with Crippen LogP contribution in [0.25, 0.3) is 11.1 Å². The monoisotopic (exact) mass is 563 g/mol. The highest BCUT2D eigenvalue weighted by Crippen LogP contribution is 2.32. The van der Waals surface area contributed by atoms with Crippen LogP contribution in [-0.2, 0) is 14.8 Å². The van der Waals surface area contributed by atoms with Crippen molar-refractivity contribution < 1.29 is 17.9 Å². The molecule has 4 rings (SSSR count). The van der Waals surface area contributed by atoms with Crippen molar-refractivity contribution in [3.8, 4) is 16.9 Å². The lowest BCUT2D eigenvalue weighted by Gasteiger charge is -2.25. The second kappa shape index (κ2) is 10.7. The van der Waals surface area contributed by atoms with E-state index < -0.39 is 22.5 Å². The average Bonchev–Trinajstić information content (AvgIpc) is 2.86. The third kappa shape index (κ3) is 5.37. The number of aryl methyl sites for hydroxylation is 2. The number of hydrogen-bond acceptors (Lipinski definition) is 4. The number of benzene rings is 4. The number of rotatable bonds is 7. The van der Waals surface area contributed by atoms with Crippen LogP contribution >= 0.6 is 15.9 Å². The fraction of sp³-hybridized carbons (Fsp3) is 0.138. The lowest BCUT2D eigenvalue weighted by Crippen LogP contribution is -2.40. The van der Waals surface area contributed by atoms with E-state index in [-0.39, 0.29) is 4.90 Å². The molecular formula is C29H26BrNO4S. The maximum atomic E-state index is 13.7. The summed E-state index contributed by atoms with van der Waals surface area (Å²) < 4.78 is 34.7. The van der Waals surface area contributed by atoms with E-state index in [1.165, 1.54) is 12.1 Å². The Morgan fingerprint density at radius 3 is 2.19 bits per heavy atom. The zero-order chi connectivity index (χ0) is 25.9. The van der Waals surface area contributed by atoms with Crippen LogP contribution in [0.3, 0.4) is 0 Å². The van der Waals surface area contributed by atoms with E-state index in [0.717, 1.165) is 26.6 Å². The molecule has 0 atom stereocenters. The normalized spacial score (nSPS) is 11.2. The molecule has 0 N–H and O–H groups in total. The Labute approximate surface area is 220 Å². The number of anilines is 1. The number of carbonyl (C=O) groups excluding carboxylic acids is 1. The highest BCUT2D eigenvalue weighted by molar-refractivity contribution is 9.10. The SMILES string of the molecule is Cc1ccc(S(=O)(=O)N(C(=O)COc2ccc(-c3ccccc3)cc2Br)c2cccc(C)c2C)cc1. The number of sulfonamides is 1. The molecule has 0 spiro atoms. The van der Waals surface area contributed by atoms with Gasteiger partial charge in [0.05, 0.1) is 15.1 Å². The van der Waals surface area contributed by atoms with E-state index in [0.29, 0.717) is 21.5 Å². The summed E-state index contributed by atoms with van der Waals surface area (Å²) >= 11 is 3.51. The van der Waals surface area contributed by atoms with Crippen LogP contribution in [0.1, 0.15) is 16.7 Å². The summed E-state index contributed by atoms with van der Waals surface area (Å²) in [5.41, 5.74) is 4.85. The van der Waals surface area contributed by atoms with Gasteiger partial charge in [0.15, 0.2) is 6.61 Å². The van der Waals surface area contributed by atoms with Gasteiger partial charge in [-0.3, -0.25) is 4.79 Å². The molecular weight excluding hydrogens is 538 g/mol. The summed E-state index contributed by atoms with van der Waals surface area (Å²) in [7, 11) is -4.17. The zero-order valence-electron chi connectivity index (χ0n) is 20.2. The van der Waals surface area contributed by atoms with Gasteiger partial charge in [0, 0.05) is 0 Å². The quantitative estimate of drug-likeness (QED) is 0.247. The minimum Gasteiger partial charge on any atom is -0.483 e. The summed E-state index contributed by atoms with van der Waals surface area (Å²) in [4.78, 5) is 13.5. The topological polar surface area (TPSA) is 63.7 Å². The summed E-state index contributed by atoms with van der Waals surface area (Å²) in [5.74, 6) is -0.250. The van der Waals surface area contributed by atoms with Crippen molar-refractivity contribution in [2.45, 2.75) is 25.7 Å². The molecule has 184 valence electrons. The van der Waals surface area contributed by atoms with Crippen molar-refractivity contribution in [1.82, 2.24) is 0 Å². The Balaban J connectivity index is 1.65. The molecule has 0 aliphatic heterocycles. The lowest BCUT2D eigenvalue weighted by atomic mass is 10.1. The predicted octanol–water partition coefficient (Wildman–Crippen LogP) is 6.84. The van der Waals surface area contributed by atoms with Crippen molar-refractivity contribution >= 4 is 37.5 Å². The van der Waals surface area contributed by atoms with Crippen LogP contribution in [0.5, 0.6) is 5.75 Å².